The number of nitrogens with two attached hydrogens (primary N) is 1. The van der Waals surface area contributed by atoms with Gasteiger partial charge in [0.2, 0.25) is 10.0 Å². The standard InChI is InChI=1S/C14H23FN2O3S/c1-9-7-11(15)12(16)10(2)13(9)21(19,20)17-8-14(3,4)5-6-18/h7,17-18H,5-6,8,16H2,1-4H3. The molecule has 0 aliphatic heterocycles. The number of aryl methyl sites for hydroxylation is 1. The van der Waals surface area contributed by atoms with E-state index in [1.807, 2.05) is 13.8 Å². The molecule has 21 heavy (non-hydrogen) atoms. The zero-order valence-corrected chi connectivity index (χ0v) is 13.6. The van der Waals surface area contributed by atoms with E-state index in [0.29, 0.717) is 12.0 Å². The summed E-state index contributed by atoms with van der Waals surface area (Å²) in [5.41, 5.74) is 5.56. The van der Waals surface area contributed by atoms with Crippen LogP contribution >= 0.6 is 0 Å². The summed E-state index contributed by atoms with van der Waals surface area (Å²) >= 11 is 0. The molecule has 0 aliphatic rings. The molecule has 1 aromatic rings. The van der Waals surface area contributed by atoms with Crippen molar-refractivity contribution in [1.82, 2.24) is 4.72 Å². The zero-order valence-electron chi connectivity index (χ0n) is 12.8. The van der Waals surface area contributed by atoms with Crippen molar-refractivity contribution in [2.45, 2.75) is 39.0 Å². The number of hydrogen-bond donors (Lipinski definition) is 3. The molecule has 0 unspecified atom stereocenters. The van der Waals surface area contributed by atoms with Gasteiger partial charge in [0.05, 0.1) is 10.6 Å². The molecule has 1 aromatic carbocycles. The maximum absolute atomic E-state index is 13.5. The minimum Gasteiger partial charge on any atom is -0.396 e. The van der Waals surface area contributed by atoms with Crippen LogP contribution < -0.4 is 10.5 Å². The van der Waals surface area contributed by atoms with E-state index in [1.165, 1.54) is 13.8 Å². The Morgan fingerprint density at radius 3 is 2.48 bits per heavy atom. The van der Waals surface area contributed by atoms with Gasteiger partial charge in [-0.05, 0) is 42.9 Å². The first-order chi connectivity index (χ1) is 9.52. The van der Waals surface area contributed by atoms with Crippen LogP contribution in [0, 0.1) is 25.1 Å². The number of nitrogens with one attached hydrogen (secondary N) is 1. The maximum atomic E-state index is 13.5. The predicted molar refractivity (Wildman–Crippen MR) is 81.0 cm³/mol. The zero-order chi connectivity index (χ0) is 16.4. The molecule has 0 spiro atoms. The van der Waals surface area contributed by atoms with Crippen molar-refractivity contribution in [2.75, 3.05) is 18.9 Å². The van der Waals surface area contributed by atoms with Crippen LogP contribution in [0.25, 0.3) is 0 Å². The fourth-order valence-electron chi connectivity index (χ4n) is 2.10. The molecule has 7 heteroatoms. The van der Waals surface area contributed by atoms with Crippen LogP contribution in [-0.2, 0) is 10.0 Å². The Kier molecular flexibility index (Phi) is 5.35. The van der Waals surface area contributed by atoms with Crippen molar-refractivity contribution in [3.05, 3.63) is 23.0 Å². The highest BCUT2D eigenvalue weighted by molar-refractivity contribution is 7.89. The second-order valence-corrected chi connectivity index (χ2v) is 7.71. The highest BCUT2D eigenvalue weighted by Crippen LogP contribution is 2.28. The summed E-state index contributed by atoms with van der Waals surface area (Å²) in [6.45, 7) is 6.87. The largest absolute Gasteiger partial charge is 0.396 e. The molecule has 0 saturated carbocycles. The molecule has 0 amide bonds. The Morgan fingerprint density at radius 2 is 1.95 bits per heavy atom. The van der Waals surface area contributed by atoms with E-state index in [0.717, 1.165) is 6.07 Å². The van der Waals surface area contributed by atoms with Gasteiger partial charge in [0.25, 0.3) is 0 Å². The molecule has 0 saturated heterocycles. The molecule has 5 nitrogen and oxygen atoms in total. The van der Waals surface area contributed by atoms with Gasteiger partial charge in [-0.25, -0.2) is 17.5 Å². The SMILES string of the molecule is Cc1cc(F)c(N)c(C)c1S(=O)(=O)NCC(C)(C)CCO. The first-order valence-electron chi connectivity index (χ1n) is 6.67. The van der Waals surface area contributed by atoms with E-state index in [1.54, 1.807) is 0 Å². The third kappa shape index (κ3) is 4.15. The molecule has 0 fully saturated rings. The van der Waals surface area contributed by atoms with Crippen LogP contribution in [0.2, 0.25) is 0 Å². The van der Waals surface area contributed by atoms with E-state index < -0.39 is 15.8 Å². The molecule has 1 rings (SSSR count). The molecule has 0 atom stereocenters. The minimum absolute atomic E-state index is 0.0150. The first-order valence-corrected chi connectivity index (χ1v) is 8.16. The third-order valence-electron chi connectivity index (χ3n) is 3.50. The van der Waals surface area contributed by atoms with Crippen molar-refractivity contribution < 1.29 is 17.9 Å². The van der Waals surface area contributed by atoms with Crippen LogP contribution in [0.1, 0.15) is 31.4 Å². The topological polar surface area (TPSA) is 92.4 Å². The molecule has 4 N–H and O–H groups in total. The molecular formula is C14H23FN2O3S. The Bertz CT molecular complexity index is 628. The predicted octanol–water partition coefficient (Wildman–Crippen LogP) is 1.71. The maximum Gasteiger partial charge on any atom is 0.241 e. The minimum atomic E-state index is -3.79. The van der Waals surface area contributed by atoms with Crippen molar-refractivity contribution in [3.63, 3.8) is 0 Å². The Labute approximate surface area is 125 Å². The molecule has 0 aliphatic carbocycles. The summed E-state index contributed by atoms with van der Waals surface area (Å²) in [6.07, 6.45) is 0.471. The molecule has 0 aromatic heterocycles. The van der Waals surface area contributed by atoms with E-state index in [9.17, 15) is 12.8 Å². The van der Waals surface area contributed by atoms with Crippen LogP contribution in [0.15, 0.2) is 11.0 Å². The van der Waals surface area contributed by atoms with Gasteiger partial charge in [-0.1, -0.05) is 13.8 Å². The molecule has 120 valence electrons. The number of aliphatic hydroxyl groups excluding tert-OH is 1. The van der Waals surface area contributed by atoms with Gasteiger partial charge in [-0.2, -0.15) is 0 Å². The summed E-state index contributed by atoms with van der Waals surface area (Å²) in [4.78, 5) is 0.0150. The number of rotatable bonds is 6. The van der Waals surface area contributed by atoms with E-state index >= 15 is 0 Å². The molecule has 0 bridgehead atoms. The lowest BCUT2D eigenvalue weighted by Gasteiger charge is -2.24. The average Bonchev–Trinajstić information content (AvgIpc) is 2.34. The Balaban J connectivity index is 3.13. The van der Waals surface area contributed by atoms with Crippen molar-refractivity contribution in [3.8, 4) is 0 Å². The van der Waals surface area contributed by atoms with Crippen molar-refractivity contribution in [2.24, 2.45) is 5.41 Å². The number of aliphatic hydroxyl groups is 1. The molecule has 0 radical (unpaired) electrons. The smallest absolute Gasteiger partial charge is 0.241 e. The summed E-state index contributed by atoms with van der Waals surface area (Å²) in [5.74, 6) is -0.621. The van der Waals surface area contributed by atoms with Crippen LogP contribution in [-0.4, -0.2) is 26.7 Å². The summed E-state index contributed by atoms with van der Waals surface area (Å²) in [6, 6.07) is 1.12. The number of nitrogen functional groups attached to an aromatic ring is 1. The highest BCUT2D eigenvalue weighted by Gasteiger charge is 2.26. The number of benzene rings is 1. The average molecular weight is 318 g/mol. The molecular weight excluding hydrogens is 295 g/mol. The number of sulfonamides is 1. The monoisotopic (exact) mass is 318 g/mol. The fourth-order valence-corrected chi connectivity index (χ4v) is 3.82. The van der Waals surface area contributed by atoms with E-state index in [4.69, 9.17) is 10.8 Å². The van der Waals surface area contributed by atoms with Gasteiger partial charge in [0.15, 0.2) is 0 Å². The summed E-state index contributed by atoms with van der Waals surface area (Å²) < 4.78 is 40.9. The number of halogens is 1. The lowest BCUT2D eigenvalue weighted by Crippen LogP contribution is -2.35. The second kappa shape index (κ2) is 6.29. The highest BCUT2D eigenvalue weighted by atomic mass is 32.2. The lowest BCUT2D eigenvalue weighted by atomic mass is 9.90. The number of anilines is 1. The van der Waals surface area contributed by atoms with Crippen LogP contribution in [0.3, 0.4) is 0 Å². The van der Waals surface area contributed by atoms with E-state index in [2.05, 4.69) is 4.72 Å². The fraction of sp³-hybridized carbons (Fsp3) is 0.571. The van der Waals surface area contributed by atoms with Crippen molar-refractivity contribution >= 4 is 15.7 Å². The van der Waals surface area contributed by atoms with Gasteiger partial charge in [-0.3, -0.25) is 0 Å². The van der Waals surface area contributed by atoms with Gasteiger partial charge >= 0.3 is 0 Å². The van der Waals surface area contributed by atoms with Gasteiger partial charge < -0.3 is 10.8 Å². The van der Waals surface area contributed by atoms with E-state index in [-0.39, 0.29) is 34.7 Å². The number of hydrogen-bond acceptors (Lipinski definition) is 4. The second-order valence-electron chi connectivity index (χ2n) is 6.01. The van der Waals surface area contributed by atoms with Gasteiger partial charge in [0.1, 0.15) is 5.82 Å². The lowest BCUT2D eigenvalue weighted by molar-refractivity contribution is 0.213. The summed E-state index contributed by atoms with van der Waals surface area (Å²) in [7, 11) is -3.79. The first kappa shape index (κ1) is 17.9. The summed E-state index contributed by atoms with van der Waals surface area (Å²) in [5, 5.41) is 8.97. The van der Waals surface area contributed by atoms with Crippen LogP contribution in [0.4, 0.5) is 10.1 Å². The Hall–Kier alpha value is -1.18. The molecule has 0 heterocycles. The third-order valence-corrected chi connectivity index (χ3v) is 5.19. The van der Waals surface area contributed by atoms with Gasteiger partial charge in [-0.15, -0.1) is 0 Å². The normalized spacial score (nSPS) is 12.7. The van der Waals surface area contributed by atoms with Crippen molar-refractivity contribution in [1.29, 1.82) is 0 Å². The quantitative estimate of drug-likeness (QED) is 0.696. The Morgan fingerprint density at radius 1 is 1.38 bits per heavy atom. The van der Waals surface area contributed by atoms with Crippen LogP contribution in [0.5, 0.6) is 0 Å². The van der Waals surface area contributed by atoms with Gasteiger partial charge in [0, 0.05) is 13.2 Å².